The molecule has 7 heteroatoms. The number of carbonyl (C=O) groups is 2. The molecule has 0 saturated heterocycles. The van der Waals surface area contributed by atoms with Crippen molar-refractivity contribution in [2.45, 2.75) is 19.9 Å². The van der Waals surface area contributed by atoms with E-state index in [9.17, 15) is 9.59 Å². The number of halogens is 2. The molecule has 128 valence electrons. The molecule has 1 heterocycles. The molecule has 0 bridgehead atoms. The van der Waals surface area contributed by atoms with Gasteiger partial charge in [-0.15, -0.1) is 0 Å². The van der Waals surface area contributed by atoms with Crippen molar-refractivity contribution >= 4 is 35.1 Å². The van der Waals surface area contributed by atoms with Gasteiger partial charge in [-0.1, -0.05) is 23.2 Å². The average molecular weight is 370 g/mol. The second-order valence-electron chi connectivity index (χ2n) is 4.99. The highest BCUT2D eigenvalue weighted by molar-refractivity contribution is 6.42. The molecule has 2 rings (SSSR count). The molecule has 0 N–H and O–H groups in total. The fourth-order valence-electron chi connectivity index (χ4n) is 2.11. The minimum Gasteiger partial charge on any atom is -0.467 e. The molecule has 0 aliphatic rings. The van der Waals surface area contributed by atoms with Crippen LogP contribution in [0.2, 0.25) is 10.0 Å². The number of hydrogen-bond donors (Lipinski definition) is 0. The summed E-state index contributed by atoms with van der Waals surface area (Å²) in [5.74, 6) is -0.00887. The molecule has 0 saturated carbocycles. The van der Waals surface area contributed by atoms with Crippen molar-refractivity contribution in [3.63, 3.8) is 0 Å². The maximum atomic E-state index is 12.7. The molecule has 1 aromatic heterocycles. The van der Waals surface area contributed by atoms with E-state index in [1.807, 2.05) is 0 Å². The molecule has 1 amide bonds. The molecule has 0 radical (unpaired) electrons. The topological polar surface area (TPSA) is 59.8 Å². The first-order valence-electron chi connectivity index (χ1n) is 7.43. The zero-order chi connectivity index (χ0) is 17.5. The maximum absolute atomic E-state index is 12.7. The summed E-state index contributed by atoms with van der Waals surface area (Å²) in [4.78, 5) is 25.8. The van der Waals surface area contributed by atoms with Gasteiger partial charge in [0.15, 0.2) is 0 Å². The fourth-order valence-corrected chi connectivity index (χ4v) is 2.41. The van der Waals surface area contributed by atoms with Gasteiger partial charge in [-0.05, 0) is 37.3 Å². The molecule has 0 fully saturated rings. The number of benzene rings is 1. The summed E-state index contributed by atoms with van der Waals surface area (Å²) in [5.41, 5.74) is 0.389. The van der Waals surface area contributed by atoms with E-state index in [1.54, 1.807) is 31.2 Å². The minimum atomic E-state index is -0.358. The number of furan rings is 1. The van der Waals surface area contributed by atoms with E-state index in [1.165, 1.54) is 17.2 Å². The molecule has 2 aromatic rings. The lowest BCUT2D eigenvalue weighted by molar-refractivity contribution is -0.143. The average Bonchev–Trinajstić information content (AvgIpc) is 3.06. The van der Waals surface area contributed by atoms with Crippen LogP contribution < -0.4 is 0 Å². The fraction of sp³-hybridized carbons (Fsp3) is 0.294. The first-order valence-corrected chi connectivity index (χ1v) is 8.19. The molecule has 5 nitrogen and oxygen atoms in total. The number of ether oxygens (including phenoxy) is 1. The molecule has 24 heavy (non-hydrogen) atoms. The molecule has 0 atom stereocenters. The van der Waals surface area contributed by atoms with Gasteiger partial charge in [-0.2, -0.15) is 0 Å². The van der Waals surface area contributed by atoms with Gasteiger partial charge in [-0.25, -0.2) is 0 Å². The van der Waals surface area contributed by atoms with E-state index < -0.39 is 0 Å². The predicted molar refractivity (Wildman–Crippen MR) is 91.2 cm³/mol. The smallest absolute Gasteiger partial charge is 0.307 e. The zero-order valence-electron chi connectivity index (χ0n) is 13.1. The first kappa shape index (κ1) is 18.4. The van der Waals surface area contributed by atoms with E-state index in [4.69, 9.17) is 32.4 Å². The van der Waals surface area contributed by atoms with Crippen molar-refractivity contribution < 1.29 is 18.7 Å². The van der Waals surface area contributed by atoms with Gasteiger partial charge in [-0.3, -0.25) is 9.59 Å². The van der Waals surface area contributed by atoms with Crippen LogP contribution in [-0.2, 0) is 16.1 Å². The third-order valence-corrected chi connectivity index (χ3v) is 4.01. The molecule has 1 aromatic carbocycles. The third-order valence-electron chi connectivity index (χ3n) is 3.27. The number of hydrogen-bond acceptors (Lipinski definition) is 4. The Balaban J connectivity index is 2.15. The van der Waals surface area contributed by atoms with Crippen LogP contribution in [0.5, 0.6) is 0 Å². The van der Waals surface area contributed by atoms with Crippen LogP contribution in [-0.4, -0.2) is 29.9 Å². The van der Waals surface area contributed by atoms with E-state index >= 15 is 0 Å². The Morgan fingerprint density at radius 3 is 2.62 bits per heavy atom. The zero-order valence-corrected chi connectivity index (χ0v) is 14.6. The quantitative estimate of drug-likeness (QED) is 0.686. The second-order valence-corrected chi connectivity index (χ2v) is 5.80. The van der Waals surface area contributed by atoms with Gasteiger partial charge in [0.25, 0.3) is 5.91 Å². The van der Waals surface area contributed by atoms with Gasteiger partial charge >= 0.3 is 5.97 Å². The number of amides is 1. The van der Waals surface area contributed by atoms with Gasteiger partial charge in [0.2, 0.25) is 0 Å². The van der Waals surface area contributed by atoms with Crippen LogP contribution in [0.1, 0.15) is 29.5 Å². The second kappa shape index (κ2) is 8.76. The summed E-state index contributed by atoms with van der Waals surface area (Å²) < 4.78 is 10.2. The highest BCUT2D eigenvalue weighted by atomic mass is 35.5. The van der Waals surface area contributed by atoms with Crippen LogP contribution in [0, 0.1) is 0 Å². The predicted octanol–water partition coefficient (Wildman–Crippen LogP) is 4.18. The third kappa shape index (κ3) is 5.01. The summed E-state index contributed by atoms with van der Waals surface area (Å²) in [6, 6.07) is 8.16. The molecule has 0 unspecified atom stereocenters. The van der Waals surface area contributed by atoms with Crippen molar-refractivity contribution in [3.8, 4) is 0 Å². The molecular formula is C17H17Cl2NO4. The SMILES string of the molecule is CCOC(=O)CCN(Cc1ccco1)C(=O)c1ccc(Cl)c(Cl)c1. The van der Waals surface area contributed by atoms with Gasteiger partial charge in [0.05, 0.1) is 35.9 Å². The van der Waals surface area contributed by atoms with Crippen LogP contribution in [0.15, 0.2) is 41.0 Å². The molecular weight excluding hydrogens is 353 g/mol. The van der Waals surface area contributed by atoms with Crippen molar-refractivity contribution in [3.05, 3.63) is 58.0 Å². The lowest BCUT2D eigenvalue weighted by atomic mass is 10.2. The van der Waals surface area contributed by atoms with Crippen molar-refractivity contribution in [1.29, 1.82) is 0 Å². The summed E-state index contributed by atoms with van der Waals surface area (Å²) in [7, 11) is 0. The van der Waals surface area contributed by atoms with Crippen molar-refractivity contribution in [2.75, 3.05) is 13.2 Å². The lowest BCUT2D eigenvalue weighted by Gasteiger charge is -2.21. The van der Waals surface area contributed by atoms with E-state index in [0.29, 0.717) is 28.0 Å². The van der Waals surface area contributed by atoms with E-state index in [-0.39, 0.29) is 31.4 Å². The Bertz CT molecular complexity index is 701. The van der Waals surface area contributed by atoms with Gasteiger partial charge in [0.1, 0.15) is 5.76 Å². The number of esters is 1. The Morgan fingerprint density at radius 2 is 2.00 bits per heavy atom. The summed E-state index contributed by atoms with van der Waals surface area (Å²) in [6.45, 7) is 2.49. The Morgan fingerprint density at radius 1 is 1.21 bits per heavy atom. The summed E-state index contributed by atoms with van der Waals surface area (Å²) >= 11 is 11.9. The molecule has 0 aliphatic heterocycles. The van der Waals surface area contributed by atoms with Gasteiger partial charge < -0.3 is 14.1 Å². The van der Waals surface area contributed by atoms with E-state index in [0.717, 1.165) is 0 Å². The Kier molecular flexibility index (Phi) is 6.70. The normalized spacial score (nSPS) is 10.5. The maximum Gasteiger partial charge on any atom is 0.307 e. The van der Waals surface area contributed by atoms with Crippen LogP contribution in [0.4, 0.5) is 0 Å². The number of rotatable bonds is 7. The largest absolute Gasteiger partial charge is 0.467 e. The first-order chi connectivity index (χ1) is 11.5. The minimum absolute atomic E-state index is 0.0988. The van der Waals surface area contributed by atoms with E-state index in [2.05, 4.69) is 0 Å². The number of carbonyl (C=O) groups excluding carboxylic acids is 2. The Hall–Kier alpha value is -1.98. The summed E-state index contributed by atoms with van der Waals surface area (Å²) in [6.07, 6.45) is 1.63. The Labute approximate surface area is 150 Å². The lowest BCUT2D eigenvalue weighted by Crippen LogP contribution is -2.32. The highest BCUT2D eigenvalue weighted by Gasteiger charge is 2.19. The van der Waals surface area contributed by atoms with Crippen molar-refractivity contribution in [1.82, 2.24) is 4.90 Å². The van der Waals surface area contributed by atoms with Crippen LogP contribution >= 0.6 is 23.2 Å². The van der Waals surface area contributed by atoms with Crippen LogP contribution in [0.3, 0.4) is 0 Å². The number of nitrogens with zero attached hydrogens (tertiary/aromatic N) is 1. The monoisotopic (exact) mass is 369 g/mol. The molecule has 0 aliphatic carbocycles. The molecule has 0 spiro atoms. The summed E-state index contributed by atoms with van der Waals surface area (Å²) in [5, 5.41) is 0.670. The van der Waals surface area contributed by atoms with Crippen LogP contribution in [0.25, 0.3) is 0 Å². The standard InChI is InChI=1S/C17H17Cl2NO4/c1-2-23-16(21)7-8-20(11-13-4-3-9-24-13)17(22)12-5-6-14(18)15(19)10-12/h3-6,9-10H,2,7-8,11H2,1H3. The van der Waals surface area contributed by atoms with Crippen molar-refractivity contribution in [2.24, 2.45) is 0 Å². The van der Waals surface area contributed by atoms with Gasteiger partial charge in [0, 0.05) is 12.1 Å². The highest BCUT2D eigenvalue weighted by Crippen LogP contribution is 2.23.